The van der Waals surface area contributed by atoms with Crippen LogP contribution in [0.4, 0.5) is 0 Å². The van der Waals surface area contributed by atoms with E-state index in [1.165, 1.54) is 10.9 Å². The standard InChI is InChI=1S/C13H17NO/c1-13(2,3)14-9-8-10-6-5-7-11(15-4)12(10)14/h5-9H,1-4H3. The summed E-state index contributed by atoms with van der Waals surface area (Å²) in [7, 11) is 1.72. The molecule has 0 N–H and O–H groups in total. The lowest BCUT2D eigenvalue weighted by Crippen LogP contribution is -2.20. The molecule has 0 saturated carbocycles. The van der Waals surface area contributed by atoms with Crippen LogP contribution in [-0.4, -0.2) is 11.7 Å². The Balaban J connectivity index is 2.77. The van der Waals surface area contributed by atoms with Gasteiger partial charge in [-0.05, 0) is 32.9 Å². The Bertz CT molecular complexity index is 477. The number of ether oxygens (including phenoxy) is 1. The quantitative estimate of drug-likeness (QED) is 0.692. The van der Waals surface area contributed by atoms with Gasteiger partial charge in [-0.1, -0.05) is 12.1 Å². The molecule has 1 aromatic carbocycles. The van der Waals surface area contributed by atoms with Gasteiger partial charge in [0.25, 0.3) is 0 Å². The molecule has 0 saturated heterocycles. The predicted octanol–water partition coefficient (Wildman–Crippen LogP) is 3.40. The van der Waals surface area contributed by atoms with Crippen molar-refractivity contribution in [1.29, 1.82) is 0 Å². The molecule has 0 aliphatic heterocycles. The van der Waals surface area contributed by atoms with Gasteiger partial charge in [-0.25, -0.2) is 0 Å². The normalized spacial score (nSPS) is 12.0. The number of para-hydroxylation sites is 1. The van der Waals surface area contributed by atoms with E-state index in [1.54, 1.807) is 7.11 Å². The molecule has 80 valence electrons. The fraction of sp³-hybridized carbons (Fsp3) is 0.385. The van der Waals surface area contributed by atoms with Gasteiger partial charge in [0.15, 0.2) is 0 Å². The molecule has 0 bridgehead atoms. The molecule has 2 heteroatoms. The van der Waals surface area contributed by atoms with Crippen LogP contribution >= 0.6 is 0 Å². The van der Waals surface area contributed by atoms with E-state index >= 15 is 0 Å². The van der Waals surface area contributed by atoms with E-state index in [9.17, 15) is 0 Å². The van der Waals surface area contributed by atoms with Crippen LogP contribution in [0.2, 0.25) is 0 Å². The number of rotatable bonds is 1. The maximum Gasteiger partial charge on any atom is 0.143 e. The second kappa shape index (κ2) is 3.30. The van der Waals surface area contributed by atoms with Gasteiger partial charge in [0.1, 0.15) is 5.75 Å². The lowest BCUT2D eigenvalue weighted by atomic mass is 10.1. The Morgan fingerprint density at radius 1 is 1.13 bits per heavy atom. The summed E-state index contributed by atoms with van der Waals surface area (Å²) in [5.74, 6) is 0.937. The maximum absolute atomic E-state index is 5.40. The van der Waals surface area contributed by atoms with Crippen molar-refractivity contribution in [3.05, 3.63) is 30.5 Å². The van der Waals surface area contributed by atoms with Gasteiger partial charge in [-0.2, -0.15) is 0 Å². The molecule has 2 nitrogen and oxygen atoms in total. The summed E-state index contributed by atoms with van der Waals surface area (Å²) in [5, 5.41) is 1.23. The molecule has 15 heavy (non-hydrogen) atoms. The molecule has 0 spiro atoms. The molecule has 2 aromatic rings. The van der Waals surface area contributed by atoms with Gasteiger partial charge in [0.05, 0.1) is 12.6 Å². The summed E-state index contributed by atoms with van der Waals surface area (Å²) in [5.41, 5.74) is 1.25. The third-order valence-electron chi connectivity index (χ3n) is 2.62. The molecular weight excluding hydrogens is 186 g/mol. The van der Waals surface area contributed by atoms with Crippen LogP contribution < -0.4 is 4.74 Å². The van der Waals surface area contributed by atoms with Crippen molar-refractivity contribution in [2.24, 2.45) is 0 Å². The Morgan fingerprint density at radius 3 is 2.47 bits per heavy atom. The van der Waals surface area contributed by atoms with E-state index in [0.717, 1.165) is 5.75 Å². The molecule has 0 atom stereocenters. The third kappa shape index (κ3) is 1.60. The van der Waals surface area contributed by atoms with Gasteiger partial charge in [-0.15, -0.1) is 0 Å². The van der Waals surface area contributed by atoms with Gasteiger partial charge in [0, 0.05) is 17.1 Å². The highest BCUT2D eigenvalue weighted by molar-refractivity contribution is 5.86. The first-order valence-electron chi connectivity index (χ1n) is 5.18. The Kier molecular flexibility index (Phi) is 2.22. The largest absolute Gasteiger partial charge is 0.495 e. The lowest BCUT2D eigenvalue weighted by Gasteiger charge is -2.23. The van der Waals surface area contributed by atoms with Crippen molar-refractivity contribution < 1.29 is 4.74 Å². The average molecular weight is 203 g/mol. The van der Waals surface area contributed by atoms with E-state index in [0.29, 0.717) is 0 Å². The van der Waals surface area contributed by atoms with Crippen LogP contribution in [0.15, 0.2) is 30.5 Å². The smallest absolute Gasteiger partial charge is 0.143 e. The molecule has 0 unspecified atom stereocenters. The summed E-state index contributed by atoms with van der Waals surface area (Å²) in [6, 6.07) is 8.27. The number of methoxy groups -OCH3 is 1. The summed E-state index contributed by atoms with van der Waals surface area (Å²) in [4.78, 5) is 0. The second-order valence-electron chi connectivity index (χ2n) is 4.75. The van der Waals surface area contributed by atoms with Crippen molar-refractivity contribution in [2.75, 3.05) is 7.11 Å². The van der Waals surface area contributed by atoms with E-state index < -0.39 is 0 Å². The average Bonchev–Trinajstić information content (AvgIpc) is 2.59. The molecule has 0 fully saturated rings. The van der Waals surface area contributed by atoms with Gasteiger partial charge in [0.2, 0.25) is 0 Å². The first-order valence-corrected chi connectivity index (χ1v) is 5.18. The van der Waals surface area contributed by atoms with Crippen molar-refractivity contribution in [2.45, 2.75) is 26.3 Å². The highest BCUT2D eigenvalue weighted by Crippen LogP contribution is 2.30. The Morgan fingerprint density at radius 2 is 1.87 bits per heavy atom. The highest BCUT2D eigenvalue weighted by Gasteiger charge is 2.17. The number of nitrogens with zero attached hydrogens (tertiary/aromatic N) is 1. The van der Waals surface area contributed by atoms with Crippen LogP contribution in [0.3, 0.4) is 0 Å². The summed E-state index contributed by atoms with van der Waals surface area (Å²) < 4.78 is 7.65. The van der Waals surface area contributed by atoms with Crippen LogP contribution in [0.25, 0.3) is 10.9 Å². The molecule has 2 rings (SSSR count). The predicted molar refractivity (Wildman–Crippen MR) is 63.5 cm³/mol. The Labute approximate surface area is 90.5 Å². The first-order chi connectivity index (χ1) is 7.04. The fourth-order valence-electron chi connectivity index (χ4n) is 1.88. The zero-order valence-electron chi connectivity index (χ0n) is 9.74. The number of hydrogen-bond donors (Lipinski definition) is 0. The molecular formula is C13H17NO. The number of aromatic nitrogens is 1. The minimum Gasteiger partial charge on any atom is -0.495 e. The molecule has 0 radical (unpaired) electrons. The minimum absolute atomic E-state index is 0.0797. The first kappa shape index (κ1) is 10.1. The zero-order valence-corrected chi connectivity index (χ0v) is 9.74. The zero-order chi connectivity index (χ0) is 11.1. The number of hydrogen-bond acceptors (Lipinski definition) is 1. The van der Waals surface area contributed by atoms with Crippen LogP contribution in [-0.2, 0) is 5.54 Å². The number of benzene rings is 1. The van der Waals surface area contributed by atoms with E-state index in [2.05, 4.69) is 43.7 Å². The summed E-state index contributed by atoms with van der Waals surface area (Å²) in [6.45, 7) is 6.58. The van der Waals surface area contributed by atoms with E-state index in [1.807, 2.05) is 12.1 Å². The number of fused-ring (bicyclic) bond motifs is 1. The van der Waals surface area contributed by atoms with E-state index in [-0.39, 0.29) is 5.54 Å². The fourth-order valence-corrected chi connectivity index (χ4v) is 1.88. The Hall–Kier alpha value is -1.44. The summed E-state index contributed by atoms with van der Waals surface area (Å²) in [6.07, 6.45) is 2.12. The van der Waals surface area contributed by atoms with Gasteiger partial charge >= 0.3 is 0 Å². The van der Waals surface area contributed by atoms with E-state index in [4.69, 9.17) is 4.74 Å². The molecule has 0 amide bonds. The summed E-state index contributed by atoms with van der Waals surface area (Å²) >= 11 is 0. The highest BCUT2D eigenvalue weighted by atomic mass is 16.5. The van der Waals surface area contributed by atoms with Gasteiger partial charge < -0.3 is 9.30 Å². The second-order valence-corrected chi connectivity index (χ2v) is 4.75. The van der Waals surface area contributed by atoms with Crippen LogP contribution in [0.5, 0.6) is 5.75 Å². The topological polar surface area (TPSA) is 14.2 Å². The van der Waals surface area contributed by atoms with Crippen molar-refractivity contribution in [3.8, 4) is 5.75 Å². The minimum atomic E-state index is 0.0797. The van der Waals surface area contributed by atoms with Crippen LogP contribution in [0.1, 0.15) is 20.8 Å². The molecule has 0 aliphatic carbocycles. The SMILES string of the molecule is COc1cccc2ccn(C(C)(C)C)c12. The molecule has 1 heterocycles. The van der Waals surface area contributed by atoms with Crippen molar-refractivity contribution >= 4 is 10.9 Å². The van der Waals surface area contributed by atoms with Gasteiger partial charge in [-0.3, -0.25) is 0 Å². The third-order valence-corrected chi connectivity index (χ3v) is 2.62. The monoisotopic (exact) mass is 203 g/mol. The maximum atomic E-state index is 5.40. The lowest BCUT2D eigenvalue weighted by molar-refractivity contribution is 0.391. The van der Waals surface area contributed by atoms with Crippen molar-refractivity contribution in [3.63, 3.8) is 0 Å². The van der Waals surface area contributed by atoms with Crippen LogP contribution in [0, 0.1) is 0 Å². The molecule has 0 aliphatic rings. The molecule has 1 aromatic heterocycles. The van der Waals surface area contributed by atoms with Crippen molar-refractivity contribution in [1.82, 2.24) is 4.57 Å².